The number of hydrogen-bond donors (Lipinski definition) is 2. The van der Waals surface area contributed by atoms with E-state index < -0.39 is 0 Å². The molecule has 1 aromatic heterocycles. The minimum atomic E-state index is 0.230. The summed E-state index contributed by atoms with van der Waals surface area (Å²) in [6, 6.07) is 4.39. The Balaban J connectivity index is 2.12. The summed E-state index contributed by atoms with van der Waals surface area (Å²) in [6.07, 6.45) is 1.09. The van der Waals surface area contributed by atoms with Crippen LogP contribution >= 0.6 is 27.3 Å². The van der Waals surface area contributed by atoms with Crippen molar-refractivity contribution in [3.63, 3.8) is 0 Å². The van der Waals surface area contributed by atoms with Gasteiger partial charge in [-0.2, -0.15) is 0 Å². The van der Waals surface area contributed by atoms with Crippen LogP contribution in [0.2, 0.25) is 0 Å². The molecule has 2 atom stereocenters. The predicted octanol–water partition coefficient (Wildman–Crippen LogP) is 2.05. The number of hydrazine groups is 1. The molecule has 1 aliphatic heterocycles. The number of ether oxygens (including phenoxy) is 1. The molecule has 0 bridgehead atoms. The Hall–Kier alpha value is 0.0600. The van der Waals surface area contributed by atoms with Gasteiger partial charge in [-0.3, -0.25) is 11.3 Å². The third kappa shape index (κ3) is 2.17. The van der Waals surface area contributed by atoms with Crippen molar-refractivity contribution < 1.29 is 4.74 Å². The first-order valence-corrected chi connectivity index (χ1v) is 6.21. The summed E-state index contributed by atoms with van der Waals surface area (Å²) >= 11 is 5.18. The molecule has 1 aromatic rings. The lowest BCUT2D eigenvalue weighted by Crippen LogP contribution is -2.33. The molecule has 2 heterocycles. The van der Waals surface area contributed by atoms with Crippen molar-refractivity contribution in [2.75, 3.05) is 13.2 Å². The highest BCUT2D eigenvalue weighted by atomic mass is 79.9. The van der Waals surface area contributed by atoms with Crippen molar-refractivity contribution in [3.8, 4) is 0 Å². The Labute approximate surface area is 95.7 Å². The van der Waals surface area contributed by atoms with Crippen molar-refractivity contribution in [2.45, 2.75) is 12.5 Å². The van der Waals surface area contributed by atoms with Gasteiger partial charge in [0.05, 0.1) is 16.4 Å². The average molecular weight is 277 g/mol. The minimum absolute atomic E-state index is 0.230. The van der Waals surface area contributed by atoms with Gasteiger partial charge in [0.2, 0.25) is 0 Å². The zero-order chi connectivity index (χ0) is 9.97. The number of hydrogen-bond acceptors (Lipinski definition) is 4. The fraction of sp³-hybridized carbons (Fsp3) is 0.556. The summed E-state index contributed by atoms with van der Waals surface area (Å²) in [5.41, 5.74) is 2.88. The first-order valence-electron chi connectivity index (χ1n) is 4.60. The molecule has 0 amide bonds. The van der Waals surface area contributed by atoms with E-state index in [1.165, 1.54) is 4.88 Å². The average Bonchev–Trinajstić information content (AvgIpc) is 2.79. The van der Waals surface area contributed by atoms with Crippen LogP contribution in [0.3, 0.4) is 0 Å². The molecule has 1 aliphatic rings. The first-order chi connectivity index (χ1) is 6.81. The molecule has 1 saturated heterocycles. The summed E-state index contributed by atoms with van der Waals surface area (Å²) in [6.45, 7) is 1.67. The second-order valence-electron chi connectivity index (χ2n) is 3.41. The maximum absolute atomic E-state index is 5.58. The van der Waals surface area contributed by atoms with Gasteiger partial charge in [-0.05, 0) is 34.5 Å². The molecule has 3 nitrogen and oxygen atoms in total. The van der Waals surface area contributed by atoms with Crippen LogP contribution in [0.5, 0.6) is 0 Å². The van der Waals surface area contributed by atoms with Gasteiger partial charge in [-0.1, -0.05) is 0 Å². The van der Waals surface area contributed by atoms with E-state index in [0.717, 1.165) is 23.4 Å². The van der Waals surface area contributed by atoms with Gasteiger partial charge >= 0.3 is 0 Å². The zero-order valence-electron chi connectivity index (χ0n) is 7.70. The molecule has 0 saturated carbocycles. The van der Waals surface area contributed by atoms with E-state index in [1.807, 2.05) is 0 Å². The quantitative estimate of drug-likeness (QED) is 0.656. The fourth-order valence-corrected chi connectivity index (χ4v) is 3.34. The van der Waals surface area contributed by atoms with Crippen LogP contribution in [-0.4, -0.2) is 13.2 Å². The van der Waals surface area contributed by atoms with E-state index in [-0.39, 0.29) is 6.04 Å². The van der Waals surface area contributed by atoms with Crippen LogP contribution in [0.1, 0.15) is 17.3 Å². The van der Waals surface area contributed by atoms with Gasteiger partial charge < -0.3 is 4.74 Å². The first kappa shape index (κ1) is 10.6. The molecule has 1 fully saturated rings. The van der Waals surface area contributed by atoms with E-state index in [9.17, 15) is 0 Å². The van der Waals surface area contributed by atoms with Crippen molar-refractivity contribution in [1.29, 1.82) is 0 Å². The monoisotopic (exact) mass is 276 g/mol. The largest absolute Gasteiger partial charge is 0.381 e. The van der Waals surface area contributed by atoms with E-state index >= 15 is 0 Å². The molecule has 5 heteroatoms. The van der Waals surface area contributed by atoms with Crippen LogP contribution in [0.25, 0.3) is 0 Å². The van der Waals surface area contributed by atoms with E-state index in [2.05, 4.69) is 33.5 Å². The molecule has 14 heavy (non-hydrogen) atoms. The van der Waals surface area contributed by atoms with E-state index in [0.29, 0.717) is 5.92 Å². The van der Waals surface area contributed by atoms with Crippen LogP contribution in [-0.2, 0) is 4.74 Å². The lowest BCUT2D eigenvalue weighted by atomic mass is 9.98. The molecular weight excluding hydrogens is 264 g/mol. The Bertz CT molecular complexity index is 299. The van der Waals surface area contributed by atoms with Gasteiger partial charge in [0, 0.05) is 17.4 Å². The van der Waals surface area contributed by atoms with Crippen LogP contribution in [0.15, 0.2) is 15.9 Å². The SMILES string of the molecule is NNC(c1ccc(Br)s1)C1CCOC1. The second kappa shape index (κ2) is 4.72. The maximum atomic E-state index is 5.58. The van der Waals surface area contributed by atoms with Crippen molar-refractivity contribution >= 4 is 27.3 Å². The number of nitrogens with two attached hydrogens (primary N) is 1. The zero-order valence-corrected chi connectivity index (χ0v) is 10.1. The second-order valence-corrected chi connectivity index (χ2v) is 5.90. The topological polar surface area (TPSA) is 47.3 Å². The Morgan fingerprint density at radius 1 is 1.64 bits per heavy atom. The summed E-state index contributed by atoms with van der Waals surface area (Å²) in [5, 5.41) is 0. The van der Waals surface area contributed by atoms with Crippen LogP contribution < -0.4 is 11.3 Å². The van der Waals surface area contributed by atoms with E-state index in [1.54, 1.807) is 11.3 Å². The van der Waals surface area contributed by atoms with Crippen molar-refractivity contribution in [2.24, 2.45) is 11.8 Å². The van der Waals surface area contributed by atoms with Gasteiger partial charge in [-0.25, -0.2) is 0 Å². The molecule has 0 spiro atoms. The molecular formula is C9H13BrN2OS. The third-order valence-corrected chi connectivity index (χ3v) is 4.22. The van der Waals surface area contributed by atoms with Crippen molar-refractivity contribution in [3.05, 3.63) is 20.8 Å². The highest BCUT2D eigenvalue weighted by Crippen LogP contribution is 2.34. The third-order valence-electron chi connectivity index (χ3n) is 2.52. The Morgan fingerprint density at radius 3 is 3.00 bits per heavy atom. The molecule has 2 unspecified atom stereocenters. The standard InChI is InChI=1S/C9H13BrN2OS/c10-8-2-1-7(14-8)9(12-11)6-3-4-13-5-6/h1-2,6,9,12H,3-5,11H2. The fourth-order valence-electron chi connectivity index (χ4n) is 1.76. The lowest BCUT2D eigenvalue weighted by Gasteiger charge is -2.19. The Morgan fingerprint density at radius 2 is 2.50 bits per heavy atom. The predicted molar refractivity (Wildman–Crippen MR) is 61.0 cm³/mol. The van der Waals surface area contributed by atoms with Gasteiger partial charge in [0.15, 0.2) is 0 Å². The normalized spacial score (nSPS) is 24.0. The smallest absolute Gasteiger partial charge is 0.0702 e. The molecule has 3 N–H and O–H groups in total. The van der Waals surface area contributed by atoms with Crippen LogP contribution in [0.4, 0.5) is 0 Å². The molecule has 0 aromatic carbocycles. The number of halogens is 1. The van der Waals surface area contributed by atoms with Crippen molar-refractivity contribution in [1.82, 2.24) is 5.43 Å². The molecule has 0 radical (unpaired) electrons. The highest BCUT2D eigenvalue weighted by Gasteiger charge is 2.27. The summed E-state index contributed by atoms with van der Waals surface area (Å²) < 4.78 is 6.51. The summed E-state index contributed by atoms with van der Waals surface area (Å²) in [5.74, 6) is 6.08. The molecule has 0 aliphatic carbocycles. The summed E-state index contributed by atoms with van der Waals surface area (Å²) in [4.78, 5) is 1.27. The van der Waals surface area contributed by atoms with Gasteiger partial charge in [-0.15, -0.1) is 11.3 Å². The van der Waals surface area contributed by atoms with Gasteiger partial charge in [0.1, 0.15) is 0 Å². The summed E-state index contributed by atoms with van der Waals surface area (Å²) in [7, 11) is 0. The number of thiophene rings is 1. The molecule has 2 rings (SSSR count). The maximum Gasteiger partial charge on any atom is 0.0702 e. The minimum Gasteiger partial charge on any atom is -0.381 e. The number of nitrogens with one attached hydrogen (secondary N) is 1. The number of rotatable bonds is 3. The van der Waals surface area contributed by atoms with Gasteiger partial charge in [0.25, 0.3) is 0 Å². The highest BCUT2D eigenvalue weighted by molar-refractivity contribution is 9.11. The lowest BCUT2D eigenvalue weighted by molar-refractivity contribution is 0.177. The Kier molecular flexibility index (Phi) is 3.57. The van der Waals surface area contributed by atoms with E-state index in [4.69, 9.17) is 10.6 Å². The van der Waals surface area contributed by atoms with Crippen LogP contribution in [0, 0.1) is 5.92 Å². The molecule has 78 valence electrons.